The number of carboxylic acids is 1. The Labute approximate surface area is 271 Å². The van der Waals surface area contributed by atoms with Crippen molar-refractivity contribution in [1.29, 1.82) is 0 Å². The average molecular weight is 669 g/mol. The summed E-state index contributed by atoms with van der Waals surface area (Å²) in [4.78, 5) is 48.4. The van der Waals surface area contributed by atoms with E-state index in [0.29, 0.717) is 35.8 Å². The number of aldehydes is 1. The van der Waals surface area contributed by atoms with Gasteiger partial charge in [0.1, 0.15) is 46.5 Å². The number of phenolic OH excluding ortho intramolecular Hbond substituents is 1. The van der Waals surface area contributed by atoms with E-state index in [2.05, 4.69) is 0 Å². The molecule has 3 N–H and O–H groups in total. The molecule has 12 nitrogen and oxygen atoms in total. The molecule has 0 fully saturated rings. The van der Waals surface area contributed by atoms with Gasteiger partial charge in [0.05, 0.1) is 12.7 Å². The van der Waals surface area contributed by atoms with Gasteiger partial charge in [-0.1, -0.05) is 11.6 Å². The summed E-state index contributed by atoms with van der Waals surface area (Å²) in [7, 11) is 5.14. The second-order valence-electron chi connectivity index (χ2n) is 9.65. The summed E-state index contributed by atoms with van der Waals surface area (Å²) in [5.41, 5.74) is -0.307. The quantitative estimate of drug-likeness (QED) is 0.142. The number of phenols is 2. The van der Waals surface area contributed by atoms with Gasteiger partial charge in [0.2, 0.25) is 0 Å². The van der Waals surface area contributed by atoms with E-state index in [4.69, 9.17) is 30.5 Å². The summed E-state index contributed by atoms with van der Waals surface area (Å²) in [5, 5.41) is 30.1. The predicted molar refractivity (Wildman–Crippen MR) is 168 cm³/mol. The predicted octanol–water partition coefficient (Wildman–Crippen LogP) is 5.01. The third-order valence-electron chi connectivity index (χ3n) is 6.13. The van der Waals surface area contributed by atoms with Crippen LogP contribution >= 0.6 is 24.0 Å². The number of hydrogen-bond acceptors (Lipinski definition) is 11. The minimum Gasteiger partial charge on any atom is -0.507 e. The monoisotopic (exact) mass is 667 g/mol. The third-order valence-corrected chi connectivity index (χ3v) is 6.38. The van der Waals surface area contributed by atoms with Crippen molar-refractivity contribution < 1.29 is 53.4 Å². The van der Waals surface area contributed by atoms with Gasteiger partial charge in [0, 0.05) is 17.1 Å². The van der Waals surface area contributed by atoms with Crippen LogP contribution in [0.3, 0.4) is 0 Å². The summed E-state index contributed by atoms with van der Waals surface area (Å²) < 4.78 is 20.5. The van der Waals surface area contributed by atoms with E-state index >= 15 is 0 Å². The Kier molecular flexibility index (Phi) is 15.1. The van der Waals surface area contributed by atoms with E-state index in [1.165, 1.54) is 40.0 Å². The molecule has 0 saturated carbocycles. The summed E-state index contributed by atoms with van der Waals surface area (Å²) in [6, 6.07) is 9.52. The topological polar surface area (TPSA) is 169 Å². The second-order valence-corrected chi connectivity index (χ2v) is 10.1. The maximum atomic E-state index is 12.6. The molecule has 3 aromatic carbocycles. The van der Waals surface area contributed by atoms with Crippen molar-refractivity contribution >= 4 is 48.2 Å². The van der Waals surface area contributed by atoms with Crippen LogP contribution in [0.25, 0.3) is 0 Å². The maximum Gasteiger partial charge on any atom is 0.347 e. The molecule has 14 heteroatoms. The highest BCUT2D eigenvalue weighted by Gasteiger charge is 2.26. The van der Waals surface area contributed by atoms with E-state index in [-0.39, 0.29) is 64.3 Å². The first kappa shape index (κ1) is 38.5. The number of aryl methyl sites for hydroxylation is 2. The standard InChI is InChI=1S/C19H18O8.C12H16ClNO3.ClH/c1-8-5-13(26-4)11(7-20)17(22)14(8)19(25)27-12-6-9(2)16(21)15(10(12)3)18(23)24;1-14(2)7-8-16-12(15)9-17-11-5-3-10(13)4-6-11;/h5-7,21-22H,1-4H3,(H,23,24);3-6H,7-9H2,1-2H3;1H. The van der Waals surface area contributed by atoms with Crippen molar-refractivity contribution in [2.24, 2.45) is 0 Å². The highest BCUT2D eigenvalue weighted by molar-refractivity contribution is 6.30. The first-order chi connectivity index (χ1) is 20.7. The van der Waals surface area contributed by atoms with Gasteiger partial charge in [0.15, 0.2) is 12.9 Å². The van der Waals surface area contributed by atoms with Crippen molar-refractivity contribution in [3.8, 4) is 28.7 Å². The maximum absolute atomic E-state index is 12.6. The van der Waals surface area contributed by atoms with Gasteiger partial charge in [-0.15, -0.1) is 12.4 Å². The normalized spacial score (nSPS) is 10.1. The molecule has 0 bridgehead atoms. The zero-order valence-corrected chi connectivity index (χ0v) is 27.1. The zero-order valence-electron chi connectivity index (χ0n) is 25.5. The molecule has 3 aromatic rings. The van der Waals surface area contributed by atoms with Gasteiger partial charge in [-0.3, -0.25) is 4.79 Å². The van der Waals surface area contributed by atoms with Crippen molar-refractivity contribution in [2.75, 3.05) is 41.0 Å². The Morgan fingerprint density at radius 1 is 0.933 bits per heavy atom. The van der Waals surface area contributed by atoms with Crippen LogP contribution in [-0.4, -0.2) is 85.4 Å². The van der Waals surface area contributed by atoms with Crippen LogP contribution in [0.2, 0.25) is 5.02 Å². The molecule has 0 amide bonds. The number of aromatic carboxylic acids is 1. The molecule has 0 spiro atoms. The minimum absolute atomic E-state index is 0. The fraction of sp³-hybridized carbons (Fsp3) is 0.290. The summed E-state index contributed by atoms with van der Waals surface area (Å²) >= 11 is 5.72. The number of carbonyl (C=O) groups excluding carboxylic acids is 3. The number of hydrogen-bond donors (Lipinski definition) is 3. The Bertz CT molecular complexity index is 1520. The molecule has 0 aliphatic heterocycles. The number of nitrogens with zero attached hydrogens (tertiary/aromatic N) is 1. The van der Waals surface area contributed by atoms with Crippen LogP contribution in [0.1, 0.15) is 47.8 Å². The number of carbonyl (C=O) groups is 4. The lowest BCUT2D eigenvalue weighted by Crippen LogP contribution is -2.22. The van der Waals surface area contributed by atoms with Gasteiger partial charge in [-0.2, -0.15) is 0 Å². The fourth-order valence-electron chi connectivity index (χ4n) is 3.77. The van der Waals surface area contributed by atoms with Crippen molar-refractivity contribution in [3.63, 3.8) is 0 Å². The summed E-state index contributed by atoms with van der Waals surface area (Å²) in [6.45, 7) is 5.34. The number of carboxylic acid groups (broad SMARTS) is 1. The van der Waals surface area contributed by atoms with Crippen LogP contribution in [0.15, 0.2) is 36.4 Å². The van der Waals surface area contributed by atoms with Crippen molar-refractivity contribution in [2.45, 2.75) is 20.8 Å². The molecule has 244 valence electrons. The first-order valence-electron chi connectivity index (χ1n) is 13.0. The SMILES string of the molecule is CN(C)CCOC(=O)COc1ccc(Cl)cc1.COc1cc(C)c(C(=O)Oc2cc(C)c(O)c(C(=O)O)c2C)c(O)c1C=O.Cl. The van der Waals surface area contributed by atoms with Gasteiger partial charge >= 0.3 is 17.9 Å². The Hall–Kier alpha value is -4.52. The molecular weight excluding hydrogens is 633 g/mol. The molecular formula is C31H35Cl2NO11. The molecule has 0 heterocycles. The van der Waals surface area contributed by atoms with Crippen LogP contribution in [0.4, 0.5) is 0 Å². The number of halogens is 2. The number of likely N-dealkylation sites (N-methyl/N-ethyl adjacent to an activating group) is 1. The van der Waals surface area contributed by atoms with Crippen molar-refractivity contribution in [3.05, 3.63) is 74.8 Å². The lowest BCUT2D eigenvalue weighted by Gasteiger charge is -2.16. The molecule has 0 radical (unpaired) electrons. The lowest BCUT2D eigenvalue weighted by atomic mass is 10.0. The number of esters is 2. The molecule has 0 atom stereocenters. The first-order valence-corrected chi connectivity index (χ1v) is 13.4. The van der Waals surface area contributed by atoms with E-state index in [1.54, 1.807) is 24.3 Å². The average Bonchev–Trinajstić information content (AvgIpc) is 2.95. The smallest absolute Gasteiger partial charge is 0.347 e. The van der Waals surface area contributed by atoms with E-state index in [9.17, 15) is 34.5 Å². The Morgan fingerprint density at radius 3 is 2.07 bits per heavy atom. The fourth-order valence-corrected chi connectivity index (χ4v) is 3.90. The molecule has 0 aliphatic rings. The number of ether oxygens (including phenoxy) is 4. The van der Waals surface area contributed by atoms with Gasteiger partial charge in [-0.25, -0.2) is 14.4 Å². The largest absolute Gasteiger partial charge is 0.507 e. The van der Waals surface area contributed by atoms with Crippen LogP contribution < -0.4 is 14.2 Å². The van der Waals surface area contributed by atoms with Gasteiger partial charge < -0.3 is 39.2 Å². The van der Waals surface area contributed by atoms with E-state index in [0.717, 1.165) is 0 Å². The third kappa shape index (κ3) is 10.6. The molecule has 0 aromatic heterocycles. The van der Waals surface area contributed by atoms with Crippen molar-refractivity contribution in [1.82, 2.24) is 4.90 Å². The van der Waals surface area contributed by atoms with Crippen LogP contribution in [-0.2, 0) is 9.53 Å². The van der Waals surface area contributed by atoms with Gasteiger partial charge in [0.25, 0.3) is 0 Å². The second kappa shape index (κ2) is 17.7. The number of benzene rings is 3. The zero-order chi connectivity index (χ0) is 33.1. The highest BCUT2D eigenvalue weighted by Crippen LogP contribution is 2.36. The molecule has 0 unspecified atom stereocenters. The summed E-state index contributed by atoms with van der Waals surface area (Å²) in [5.74, 6) is -3.15. The molecule has 45 heavy (non-hydrogen) atoms. The lowest BCUT2D eigenvalue weighted by molar-refractivity contribution is -0.146. The minimum atomic E-state index is -1.38. The number of methoxy groups -OCH3 is 1. The Balaban J connectivity index is 0.000000487. The van der Waals surface area contributed by atoms with Crippen LogP contribution in [0.5, 0.6) is 28.7 Å². The van der Waals surface area contributed by atoms with E-state index in [1.807, 2.05) is 19.0 Å². The highest BCUT2D eigenvalue weighted by atomic mass is 35.5. The number of rotatable bonds is 11. The Morgan fingerprint density at radius 2 is 1.53 bits per heavy atom. The van der Waals surface area contributed by atoms with E-state index < -0.39 is 23.4 Å². The van der Waals surface area contributed by atoms with Gasteiger partial charge in [-0.05, 0) is 82.4 Å². The molecule has 3 rings (SSSR count). The number of aromatic hydroxyl groups is 2. The van der Waals surface area contributed by atoms with Crippen LogP contribution in [0, 0.1) is 20.8 Å². The molecule has 0 saturated heterocycles. The molecule has 0 aliphatic carbocycles. The summed E-state index contributed by atoms with van der Waals surface area (Å²) in [6.07, 6.45) is 0.350.